The third kappa shape index (κ3) is 4.54. The van der Waals surface area contributed by atoms with E-state index in [-0.39, 0.29) is 12.3 Å². The zero-order valence-electron chi connectivity index (χ0n) is 14.4. The molecule has 1 N–H and O–H groups in total. The highest BCUT2D eigenvalue weighted by molar-refractivity contribution is 7.15. The fraction of sp³-hybridized carbons (Fsp3) is 0.222. The van der Waals surface area contributed by atoms with Crippen molar-refractivity contribution in [3.05, 3.63) is 58.9 Å². The summed E-state index contributed by atoms with van der Waals surface area (Å²) in [5, 5.41) is 12.2. The van der Waals surface area contributed by atoms with Gasteiger partial charge in [-0.3, -0.25) is 9.78 Å². The molecule has 134 valence electrons. The van der Waals surface area contributed by atoms with E-state index < -0.39 is 0 Å². The Morgan fingerprint density at radius 2 is 1.81 bits per heavy atom. The van der Waals surface area contributed by atoms with Crippen LogP contribution in [0.2, 0.25) is 0 Å². The second kappa shape index (κ2) is 8.39. The Kier molecular flexibility index (Phi) is 5.75. The van der Waals surface area contributed by atoms with Gasteiger partial charge in [-0.05, 0) is 35.4 Å². The predicted octanol–water partition coefficient (Wildman–Crippen LogP) is 2.72. The van der Waals surface area contributed by atoms with Crippen molar-refractivity contribution in [1.82, 2.24) is 15.2 Å². The summed E-state index contributed by atoms with van der Waals surface area (Å²) in [7, 11) is 3.20. The number of pyridine rings is 1. The summed E-state index contributed by atoms with van der Waals surface area (Å²) in [5.74, 6) is 1.21. The Balaban J connectivity index is 1.62. The topological polar surface area (TPSA) is 86.2 Å². The second-order valence-electron chi connectivity index (χ2n) is 5.45. The average Bonchev–Trinajstić information content (AvgIpc) is 3.09. The largest absolute Gasteiger partial charge is 0.493 e. The molecular formula is C18H18N4O3S. The highest BCUT2D eigenvalue weighted by Gasteiger charge is 2.11. The van der Waals surface area contributed by atoms with Crippen molar-refractivity contribution < 1.29 is 14.3 Å². The smallest absolute Gasteiger partial charge is 0.230 e. The molecule has 0 atom stereocenters. The van der Waals surface area contributed by atoms with Crippen LogP contribution in [0.4, 0.5) is 5.13 Å². The zero-order valence-corrected chi connectivity index (χ0v) is 15.2. The van der Waals surface area contributed by atoms with Crippen LogP contribution in [0.15, 0.2) is 42.7 Å². The first-order valence-electron chi connectivity index (χ1n) is 7.90. The normalized spacial score (nSPS) is 10.4. The minimum Gasteiger partial charge on any atom is -0.493 e. The molecule has 0 radical (unpaired) electrons. The molecule has 0 unspecified atom stereocenters. The SMILES string of the molecule is COc1ccc(Cc2nnc(NC(=O)Cc3ccncc3)s2)cc1OC. The molecule has 0 bridgehead atoms. The molecule has 2 heterocycles. The van der Waals surface area contributed by atoms with Gasteiger partial charge in [0.05, 0.1) is 20.6 Å². The van der Waals surface area contributed by atoms with E-state index >= 15 is 0 Å². The lowest BCUT2D eigenvalue weighted by molar-refractivity contribution is -0.115. The molecule has 8 heteroatoms. The molecule has 3 aromatic rings. The molecule has 26 heavy (non-hydrogen) atoms. The lowest BCUT2D eigenvalue weighted by Crippen LogP contribution is -2.14. The van der Waals surface area contributed by atoms with Crippen molar-refractivity contribution in [2.24, 2.45) is 0 Å². The molecule has 0 aliphatic carbocycles. The quantitative estimate of drug-likeness (QED) is 0.688. The molecule has 3 rings (SSSR count). The first-order chi connectivity index (χ1) is 12.7. The van der Waals surface area contributed by atoms with Gasteiger partial charge in [-0.15, -0.1) is 10.2 Å². The summed E-state index contributed by atoms with van der Waals surface area (Å²) in [5.41, 5.74) is 1.92. The number of nitrogens with zero attached hydrogens (tertiary/aromatic N) is 3. The van der Waals surface area contributed by atoms with Crippen LogP contribution in [0.1, 0.15) is 16.1 Å². The van der Waals surface area contributed by atoms with Crippen molar-refractivity contribution in [1.29, 1.82) is 0 Å². The highest BCUT2D eigenvalue weighted by Crippen LogP contribution is 2.29. The third-order valence-electron chi connectivity index (χ3n) is 3.63. The van der Waals surface area contributed by atoms with E-state index in [1.807, 2.05) is 30.3 Å². The van der Waals surface area contributed by atoms with Gasteiger partial charge in [0.2, 0.25) is 11.0 Å². The van der Waals surface area contributed by atoms with Crippen molar-refractivity contribution in [2.75, 3.05) is 19.5 Å². The van der Waals surface area contributed by atoms with Crippen LogP contribution in [0.25, 0.3) is 0 Å². The van der Waals surface area contributed by atoms with E-state index in [0.29, 0.717) is 23.1 Å². The van der Waals surface area contributed by atoms with Gasteiger partial charge in [-0.25, -0.2) is 0 Å². The summed E-state index contributed by atoms with van der Waals surface area (Å²) in [6.45, 7) is 0. The summed E-state index contributed by atoms with van der Waals surface area (Å²) in [6, 6.07) is 9.32. The van der Waals surface area contributed by atoms with Gasteiger partial charge in [-0.2, -0.15) is 0 Å². The standard InChI is InChI=1S/C18H18N4O3S/c1-24-14-4-3-13(9-15(14)25-2)11-17-21-22-18(26-17)20-16(23)10-12-5-7-19-8-6-12/h3-9H,10-11H2,1-2H3,(H,20,22,23). The van der Waals surface area contributed by atoms with Gasteiger partial charge in [0.25, 0.3) is 0 Å². The fourth-order valence-corrected chi connectivity index (χ4v) is 3.18. The van der Waals surface area contributed by atoms with Gasteiger partial charge in [0, 0.05) is 18.8 Å². The molecule has 0 aliphatic rings. The number of carbonyl (C=O) groups excluding carboxylic acids is 1. The number of benzene rings is 1. The maximum Gasteiger partial charge on any atom is 0.230 e. The molecule has 7 nitrogen and oxygen atoms in total. The van der Waals surface area contributed by atoms with Crippen molar-refractivity contribution >= 4 is 22.4 Å². The molecule has 2 aromatic heterocycles. The van der Waals surface area contributed by atoms with Crippen LogP contribution in [-0.2, 0) is 17.6 Å². The van der Waals surface area contributed by atoms with Crippen molar-refractivity contribution in [3.8, 4) is 11.5 Å². The fourth-order valence-electron chi connectivity index (χ4n) is 2.39. The minimum absolute atomic E-state index is 0.134. The van der Waals surface area contributed by atoms with Gasteiger partial charge >= 0.3 is 0 Å². The zero-order chi connectivity index (χ0) is 18.4. The minimum atomic E-state index is -0.134. The van der Waals surface area contributed by atoms with Gasteiger partial charge in [0.1, 0.15) is 5.01 Å². The number of aromatic nitrogens is 3. The Labute approximate surface area is 155 Å². The second-order valence-corrected chi connectivity index (χ2v) is 6.51. The Bertz CT molecular complexity index is 883. The lowest BCUT2D eigenvalue weighted by Gasteiger charge is -2.08. The molecule has 0 spiro atoms. The Hall–Kier alpha value is -3.00. The third-order valence-corrected chi connectivity index (χ3v) is 4.47. The molecular weight excluding hydrogens is 352 g/mol. The number of amides is 1. The van der Waals surface area contributed by atoms with Crippen LogP contribution in [0.5, 0.6) is 11.5 Å². The van der Waals surface area contributed by atoms with E-state index in [4.69, 9.17) is 9.47 Å². The number of methoxy groups -OCH3 is 2. The number of anilines is 1. The lowest BCUT2D eigenvalue weighted by atomic mass is 10.1. The van der Waals surface area contributed by atoms with Crippen molar-refractivity contribution in [3.63, 3.8) is 0 Å². The molecule has 1 amide bonds. The maximum absolute atomic E-state index is 12.1. The molecule has 0 saturated heterocycles. The van der Waals surface area contributed by atoms with Crippen molar-refractivity contribution in [2.45, 2.75) is 12.8 Å². The first-order valence-corrected chi connectivity index (χ1v) is 8.71. The highest BCUT2D eigenvalue weighted by atomic mass is 32.1. The molecule has 0 aliphatic heterocycles. The Morgan fingerprint density at radius 3 is 2.54 bits per heavy atom. The monoisotopic (exact) mass is 370 g/mol. The number of carbonyl (C=O) groups is 1. The molecule has 1 aromatic carbocycles. The van der Waals surface area contributed by atoms with Crippen LogP contribution < -0.4 is 14.8 Å². The maximum atomic E-state index is 12.1. The average molecular weight is 370 g/mol. The van der Waals surface area contributed by atoms with E-state index in [1.165, 1.54) is 11.3 Å². The molecule has 0 saturated carbocycles. The summed E-state index contributed by atoms with van der Waals surface area (Å²) >= 11 is 1.35. The van der Waals surface area contributed by atoms with Gasteiger partial charge < -0.3 is 14.8 Å². The number of hydrogen-bond donors (Lipinski definition) is 1. The van der Waals surface area contributed by atoms with Crippen LogP contribution >= 0.6 is 11.3 Å². The number of ether oxygens (including phenoxy) is 2. The first kappa shape index (κ1) is 17.8. The summed E-state index contributed by atoms with van der Waals surface area (Å²) in [6.07, 6.45) is 4.19. The number of hydrogen-bond acceptors (Lipinski definition) is 7. The number of nitrogens with one attached hydrogen (secondary N) is 1. The van der Waals surface area contributed by atoms with Gasteiger partial charge in [0.15, 0.2) is 11.5 Å². The van der Waals surface area contributed by atoms with Crippen LogP contribution in [-0.4, -0.2) is 35.3 Å². The van der Waals surface area contributed by atoms with Gasteiger partial charge in [-0.1, -0.05) is 17.4 Å². The Morgan fingerprint density at radius 1 is 1.04 bits per heavy atom. The van der Waals surface area contributed by atoms with Crippen LogP contribution in [0, 0.1) is 0 Å². The van der Waals surface area contributed by atoms with E-state index in [9.17, 15) is 4.79 Å². The predicted molar refractivity (Wildman–Crippen MR) is 98.8 cm³/mol. The van der Waals surface area contributed by atoms with E-state index in [0.717, 1.165) is 16.1 Å². The number of rotatable bonds is 7. The summed E-state index contributed by atoms with van der Waals surface area (Å²) < 4.78 is 10.5. The van der Waals surface area contributed by atoms with E-state index in [2.05, 4.69) is 20.5 Å². The molecule has 0 fully saturated rings. The summed E-state index contributed by atoms with van der Waals surface area (Å²) in [4.78, 5) is 16.0. The van der Waals surface area contributed by atoms with Crippen LogP contribution in [0.3, 0.4) is 0 Å². The van der Waals surface area contributed by atoms with E-state index in [1.54, 1.807) is 26.6 Å².